The molecule has 168 valence electrons. The van der Waals surface area contributed by atoms with Crippen LogP contribution in [0.25, 0.3) is 0 Å². The highest BCUT2D eigenvalue weighted by Crippen LogP contribution is 2.70. The van der Waals surface area contributed by atoms with Gasteiger partial charge in [0.15, 0.2) is 5.69 Å². The summed E-state index contributed by atoms with van der Waals surface area (Å²) in [5.41, 5.74) is 2.31. The lowest BCUT2D eigenvalue weighted by Crippen LogP contribution is -2.54. The van der Waals surface area contributed by atoms with Gasteiger partial charge in [0.05, 0.1) is 6.54 Å². The maximum atomic E-state index is 13.1. The Balaban J connectivity index is 1.18. The summed E-state index contributed by atoms with van der Waals surface area (Å²) >= 11 is 0. The second-order valence-corrected chi connectivity index (χ2v) is 12.0. The van der Waals surface area contributed by atoms with Crippen molar-refractivity contribution < 1.29 is 14.5 Å². The number of ketones is 2. The molecule has 0 amide bonds. The van der Waals surface area contributed by atoms with Gasteiger partial charge in [-0.2, -0.15) is 0 Å². The molecule has 4 fully saturated rings. The topological polar surface area (TPSA) is 78.9 Å². The molecule has 2 unspecified atom stereocenters. The Morgan fingerprint density at radius 1 is 1.00 bits per heavy atom. The van der Waals surface area contributed by atoms with Crippen LogP contribution in [0.15, 0.2) is 24.3 Å². The van der Waals surface area contributed by atoms with Crippen LogP contribution in [-0.2, 0) is 6.54 Å². The average Bonchev–Trinajstić information content (AvgIpc) is 3.03. The first-order valence-electron chi connectivity index (χ1n) is 12.1. The van der Waals surface area contributed by atoms with Crippen molar-refractivity contribution >= 4 is 11.6 Å². The fourth-order valence-corrected chi connectivity index (χ4v) is 8.83. The second kappa shape index (κ2) is 6.52. The van der Waals surface area contributed by atoms with Crippen molar-refractivity contribution in [3.8, 4) is 0 Å². The van der Waals surface area contributed by atoms with Crippen LogP contribution in [0.5, 0.6) is 0 Å². The molecule has 6 nitrogen and oxygen atoms in total. The van der Waals surface area contributed by atoms with E-state index in [9.17, 15) is 14.8 Å². The number of benzene rings is 1. The molecule has 2 aromatic rings. The summed E-state index contributed by atoms with van der Waals surface area (Å²) in [5.74, 6) is 0.266. The van der Waals surface area contributed by atoms with E-state index in [2.05, 4.69) is 18.9 Å². The van der Waals surface area contributed by atoms with Crippen molar-refractivity contribution in [1.82, 2.24) is 9.78 Å². The van der Waals surface area contributed by atoms with Crippen LogP contribution in [0.1, 0.15) is 104 Å². The SMILES string of the molecule is CC12CC3CC(C)(C1)CC(CCCCn1c4c(n[n+]1[O-])C(=O)c1ccccc1C4=O)(C3)C2. The molecular formula is C26H31N3O3. The van der Waals surface area contributed by atoms with Crippen molar-refractivity contribution in [1.29, 1.82) is 0 Å². The second-order valence-electron chi connectivity index (χ2n) is 12.0. The predicted octanol–water partition coefficient (Wildman–Crippen LogP) is 4.46. The lowest BCUT2D eigenvalue weighted by molar-refractivity contribution is -0.749. The van der Waals surface area contributed by atoms with Gasteiger partial charge in [-0.15, -0.1) is 4.68 Å². The molecule has 1 heterocycles. The summed E-state index contributed by atoms with van der Waals surface area (Å²) in [6.45, 7) is 5.42. The van der Waals surface area contributed by atoms with Crippen LogP contribution < -0.4 is 4.96 Å². The van der Waals surface area contributed by atoms with Gasteiger partial charge in [0.2, 0.25) is 17.3 Å². The molecule has 1 aromatic heterocycles. The minimum Gasteiger partial charge on any atom is -0.571 e. The van der Waals surface area contributed by atoms with Gasteiger partial charge in [-0.1, -0.05) is 44.5 Å². The molecule has 0 saturated heterocycles. The van der Waals surface area contributed by atoms with Crippen LogP contribution >= 0.6 is 0 Å². The quantitative estimate of drug-likeness (QED) is 0.338. The molecule has 1 aromatic carbocycles. The van der Waals surface area contributed by atoms with Gasteiger partial charge < -0.3 is 5.21 Å². The lowest BCUT2D eigenvalue weighted by atomic mass is 9.40. The van der Waals surface area contributed by atoms with Gasteiger partial charge in [0.25, 0.3) is 0 Å². The predicted molar refractivity (Wildman–Crippen MR) is 118 cm³/mol. The third-order valence-electron chi connectivity index (χ3n) is 8.79. The highest BCUT2D eigenvalue weighted by Gasteiger charge is 2.59. The summed E-state index contributed by atoms with van der Waals surface area (Å²) in [7, 11) is 0. The van der Waals surface area contributed by atoms with Gasteiger partial charge in [-0.25, -0.2) is 0 Å². The first-order chi connectivity index (χ1) is 15.2. The molecule has 6 heteroatoms. The number of fused-ring (bicyclic) bond motifs is 2. The largest absolute Gasteiger partial charge is 0.571 e. The zero-order valence-electron chi connectivity index (χ0n) is 19.0. The van der Waals surface area contributed by atoms with E-state index in [-0.39, 0.29) is 23.0 Å². The van der Waals surface area contributed by atoms with E-state index < -0.39 is 0 Å². The minimum absolute atomic E-state index is 0.00867. The molecule has 0 spiro atoms. The maximum absolute atomic E-state index is 13.1. The van der Waals surface area contributed by atoms with Crippen LogP contribution in [0.2, 0.25) is 0 Å². The summed E-state index contributed by atoms with van der Waals surface area (Å²) < 4.78 is 1.37. The fourth-order valence-electron chi connectivity index (χ4n) is 8.83. The molecule has 4 bridgehead atoms. The lowest BCUT2D eigenvalue weighted by Gasteiger charge is -2.65. The van der Waals surface area contributed by atoms with E-state index in [1.807, 2.05) is 0 Å². The van der Waals surface area contributed by atoms with E-state index in [1.165, 1.54) is 49.6 Å². The molecule has 32 heavy (non-hydrogen) atoms. The minimum atomic E-state index is -0.339. The van der Waals surface area contributed by atoms with Gasteiger partial charge >= 0.3 is 0 Å². The van der Waals surface area contributed by atoms with Gasteiger partial charge in [0.1, 0.15) is 0 Å². The zero-order valence-corrected chi connectivity index (χ0v) is 19.0. The Morgan fingerprint density at radius 2 is 1.66 bits per heavy atom. The summed E-state index contributed by atoms with van der Waals surface area (Å²) in [6.07, 6.45) is 11.3. The Kier molecular flexibility index (Phi) is 4.10. The zero-order chi connectivity index (χ0) is 22.3. The van der Waals surface area contributed by atoms with Crippen molar-refractivity contribution in [2.45, 2.75) is 78.2 Å². The number of carbonyl (C=O) groups excluding carboxylic acids is 2. The summed E-state index contributed by atoms with van der Waals surface area (Å²) in [4.78, 5) is 26.3. The number of hydrogen-bond acceptors (Lipinski definition) is 4. The Hall–Kier alpha value is -2.50. The third-order valence-corrected chi connectivity index (χ3v) is 8.79. The molecule has 4 saturated carbocycles. The van der Waals surface area contributed by atoms with E-state index in [4.69, 9.17) is 0 Å². The number of hydrogen-bond donors (Lipinski definition) is 0. The van der Waals surface area contributed by atoms with Crippen LogP contribution in [0.3, 0.4) is 0 Å². The van der Waals surface area contributed by atoms with E-state index in [1.54, 1.807) is 24.3 Å². The molecule has 0 aliphatic heterocycles. The number of aromatic nitrogens is 3. The highest BCUT2D eigenvalue weighted by molar-refractivity contribution is 6.26. The molecular weight excluding hydrogens is 402 g/mol. The van der Waals surface area contributed by atoms with Crippen molar-refractivity contribution in [2.75, 3.05) is 0 Å². The van der Waals surface area contributed by atoms with Crippen LogP contribution in [0.4, 0.5) is 0 Å². The number of nitrogens with zero attached hydrogens (tertiary/aromatic N) is 3. The summed E-state index contributed by atoms with van der Waals surface area (Å²) in [5, 5.41) is 16.4. The standard InChI is InChI=1S/C26H31N3O3/c1-24-11-17-12-25(2,14-24)16-26(13-17,15-24)9-5-6-10-28-21-20(27-29(28)32)22(30)18-7-3-4-8-19(18)23(21)31/h3-4,7-8,17H,5-6,9-16H2,1-2H3. The smallest absolute Gasteiger partial charge is 0.220 e. The van der Waals surface area contributed by atoms with Gasteiger partial charge in [-0.3, -0.25) is 9.59 Å². The maximum Gasteiger partial charge on any atom is 0.220 e. The highest BCUT2D eigenvalue weighted by atomic mass is 16.5. The Labute approximate surface area is 188 Å². The first kappa shape index (κ1) is 20.1. The summed E-state index contributed by atoms with van der Waals surface area (Å²) in [6, 6.07) is 6.74. The van der Waals surface area contributed by atoms with E-state index in [0.717, 1.165) is 18.8 Å². The molecule has 0 N–H and O–H groups in total. The number of carbonyl (C=O) groups is 2. The molecule has 2 atom stereocenters. The van der Waals surface area contributed by atoms with E-state index >= 15 is 0 Å². The molecule has 5 aliphatic carbocycles. The average molecular weight is 434 g/mol. The first-order valence-corrected chi connectivity index (χ1v) is 12.1. The third kappa shape index (κ3) is 2.91. The van der Waals surface area contributed by atoms with Crippen molar-refractivity contribution in [2.24, 2.45) is 22.2 Å². The van der Waals surface area contributed by atoms with Crippen molar-refractivity contribution in [3.05, 3.63) is 52.0 Å². The van der Waals surface area contributed by atoms with Gasteiger partial charge in [0, 0.05) is 21.2 Å². The number of unbranched alkanes of at least 4 members (excludes halogenated alkanes) is 1. The molecule has 5 aliphatic rings. The molecule has 7 rings (SSSR count). The molecule has 0 radical (unpaired) electrons. The normalized spacial score (nSPS) is 34.6. The number of rotatable bonds is 5. The fraction of sp³-hybridized carbons (Fsp3) is 0.615. The Bertz CT molecular complexity index is 1130. The van der Waals surface area contributed by atoms with Crippen LogP contribution in [-0.4, -0.2) is 21.3 Å². The van der Waals surface area contributed by atoms with Gasteiger partial charge in [-0.05, 0) is 73.5 Å². The van der Waals surface area contributed by atoms with Crippen molar-refractivity contribution in [3.63, 3.8) is 0 Å². The Morgan fingerprint density at radius 3 is 2.31 bits per heavy atom. The monoisotopic (exact) mass is 433 g/mol. The van der Waals surface area contributed by atoms with Crippen LogP contribution in [0, 0.1) is 27.4 Å². The van der Waals surface area contributed by atoms with E-state index in [0.29, 0.717) is 38.9 Å².